The summed E-state index contributed by atoms with van der Waals surface area (Å²) < 4.78 is 10.4. The summed E-state index contributed by atoms with van der Waals surface area (Å²) in [5.74, 6) is 1.39. The van der Waals surface area contributed by atoms with Crippen molar-refractivity contribution in [1.29, 1.82) is 0 Å². The molecule has 0 atom stereocenters. The summed E-state index contributed by atoms with van der Waals surface area (Å²) in [6.07, 6.45) is 4.77. The Bertz CT molecular complexity index is 1020. The van der Waals surface area contributed by atoms with E-state index in [1.54, 1.807) is 24.6 Å². The summed E-state index contributed by atoms with van der Waals surface area (Å²) in [5.41, 5.74) is 1.61. The molecule has 0 saturated heterocycles. The van der Waals surface area contributed by atoms with E-state index < -0.39 is 0 Å². The lowest BCUT2D eigenvalue weighted by molar-refractivity contribution is -0.116. The highest BCUT2D eigenvalue weighted by Gasteiger charge is 2.12. The van der Waals surface area contributed by atoms with Crippen LogP contribution in [0.15, 0.2) is 63.9 Å². The normalized spacial score (nSPS) is 10.9. The topological polar surface area (TPSA) is 94.0 Å². The van der Waals surface area contributed by atoms with Crippen molar-refractivity contribution in [3.8, 4) is 11.6 Å². The zero-order chi connectivity index (χ0) is 17.8. The van der Waals surface area contributed by atoms with E-state index in [0.29, 0.717) is 36.7 Å². The fourth-order valence-electron chi connectivity index (χ4n) is 2.69. The van der Waals surface area contributed by atoms with Crippen molar-refractivity contribution in [2.75, 3.05) is 5.32 Å². The van der Waals surface area contributed by atoms with Crippen molar-refractivity contribution in [2.45, 2.75) is 19.3 Å². The number of anilines is 1. The van der Waals surface area contributed by atoms with Gasteiger partial charge >= 0.3 is 0 Å². The summed E-state index contributed by atoms with van der Waals surface area (Å²) in [6, 6.07) is 13.0. The second kappa shape index (κ2) is 7.18. The standard InChI is InChI=1S/C19H16N4O3/c24-17(21-15-7-1-6-14-13(15)5-3-11-20-14)9-2-10-18-22-19(23-26-18)16-8-4-12-25-16/h1,3-8,11-12H,2,9-10H2,(H,21,24). The Morgan fingerprint density at radius 1 is 1.12 bits per heavy atom. The van der Waals surface area contributed by atoms with Crippen LogP contribution in [0.2, 0.25) is 0 Å². The van der Waals surface area contributed by atoms with Gasteiger partial charge in [0.15, 0.2) is 5.76 Å². The minimum Gasteiger partial charge on any atom is -0.461 e. The number of rotatable bonds is 6. The van der Waals surface area contributed by atoms with Gasteiger partial charge in [0.25, 0.3) is 0 Å². The number of benzene rings is 1. The SMILES string of the molecule is O=C(CCCc1nc(-c2ccco2)no1)Nc1cccc2ncccc12. The molecular formula is C19H16N4O3. The van der Waals surface area contributed by atoms with Crippen LogP contribution in [-0.2, 0) is 11.2 Å². The highest BCUT2D eigenvalue weighted by atomic mass is 16.5. The molecule has 0 aliphatic carbocycles. The molecule has 1 N–H and O–H groups in total. The zero-order valence-corrected chi connectivity index (χ0v) is 13.9. The van der Waals surface area contributed by atoms with Gasteiger partial charge in [-0.15, -0.1) is 0 Å². The van der Waals surface area contributed by atoms with Gasteiger partial charge in [-0.3, -0.25) is 9.78 Å². The molecule has 4 aromatic rings. The number of nitrogens with one attached hydrogen (secondary N) is 1. The highest BCUT2D eigenvalue weighted by Crippen LogP contribution is 2.21. The van der Waals surface area contributed by atoms with E-state index in [1.807, 2.05) is 30.3 Å². The number of carbonyl (C=O) groups excluding carboxylic acids is 1. The summed E-state index contributed by atoms with van der Waals surface area (Å²) in [6.45, 7) is 0. The van der Waals surface area contributed by atoms with E-state index in [9.17, 15) is 4.79 Å². The maximum absolute atomic E-state index is 12.2. The first-order valence-electron chi connectivity index (χ1n) is 8.30. The number of aromatic nitrogens is 3. The van der Waals surface area contributed by atoms with Crippen LogP contribution >= 0.6 is 0 Å². The minimum absolute atomic E-state index is 0.0628. The lowest BCUT2D eigenvalue weighted by atomic mass is 10.1. The number of nitrogens with zero attached hydrogens (tertiary/aromatic N) is 3. The largest absolute Gasteiger partial charge is 0.461 e. The lowest BCUT2D eigenvalue weighted by Crippen LogP contribution is -2.11. The van der Waals surface area contributed by atoms with Gasteiger partial charge in [-0.05, 0) is 42.8 Å². The van der Waals surface area contributed by atoms with Crippen LogP contribution in [0.3, 0.4) is 0 Å². The fourth-order valence-corrected chi connectivity index (χ4v) is 2.69. The van der Waals surface area contributed by atoms with Crippen LogP contribution in [0.25, 0.3) is 22.5 Å². The highest BCUT2D eigenvalue weighted by molar-refractivity contribution is 6.00. The van der Waals surface area contributed by atoms with Crippen LogP contribution in [-0.4, -0.2) is 21.0 Å². The van der Waals surface area contributed by atoms with Crippen molar-refractivity contribution in [3.05, 3.63) is 60.8 Å². The van der Waals surface area contributed by atoms with Gasteiger partial charge in [-0.2, -0.15) is 4.98 Å². The van der Waals surface area contributed by atoms with Crippen molar-refractivity contribution in [1.82, 2.24) is 15.1 Å². The zero-order valence-electron chi connectivity index (χ0n) is 13.9. The predicted molar refractivity (Wildman–Crippen MR) is 95.3 cm³/mol. The van der Waals surface area contributed by atoms with Crippen LogP contribution in [0.5, 0.6) is 0 Å². The molecule has 4 rings (SSSR count). The molecule has 0 aliphatic heterocycles. The van der Waals surface area contributed by atoms with E-state index in [-0.39, 0.29) is 5.91 Å². The van der Waals surface area contributed by atoms with Gasteiger partial charge in [-0.1, -0.05) is 11.2 Å². The van der Waals surface area contributed by atoms with Gasteiger partial charge in [0.05, 0.1) is 17.5 Å². The van der Waals surface area contributed by atoms with Crippen molar-refractivity contribution in [3.63, 3.8) is 0 Å². The van der Waals surface area contributed by atoms with Gasteiger partial charge < -0.3 is 14.3 Å². The van der Waals surface area contributed by atoms with Gasteiger partial charge in [-0.25, -0.2) is 0 Å². The van der Waals surface area contributed by atoms with Crippen molar-refractivity contribution in [2.24, 2.45) is 0 Å². The summed E-state index contributed by atoms with van der Waals surface area (Å²) >= 11 is 0. The first kappa shape index (κ1) is 16.0. The number of aryl methyl sites for hydroxylation is 1. The predicted octanol–water partition coefficient (Wildman–Crippen LogP) is 3.84. The number of pyridine rings is 1. The average Bonchev–Trinajstić information content (AvgIpc) is 3.34. The van der Waals surface area contributed by atoms with Crippen LogP contribution in [0, 0.1) is 0 Å². The molecule has 0 radical (unpaired) electrons. The molecule has 0 unspecified atom stereocenters. The Labute approximate surface area is 149 Å². The molecule has 7 nitrogen and oxygen atoms in total. The molecule has 3 heterocycles. The number of amides is 1. The molecule has 130 valence electrons. The molecule has 26 heavy (non-hydrogen) atoms. The third kappa shape index (κ3) is 3.46. The Hall–Kier alpha value is -3.48. The lowest BCUT2D eigenvalue weighted by Gasteiger charge is -2.07. The van der Waals surface area contributed by atoms with E-state index in [1.165, 1.54) is 0 Å². The molecule has 0 saturated carbocycles. The van der Waals surface area contributed by atoms with E-state index in [0.717, 1.165) is 16.6 Å². The van der Waals surface area contributed by atoms with E-state index in [2.05, 4.69) is 20.4 Å². The third-order valence-corrected chi connectivity index (χ3v) is 3.92. The number of hydrogen-bond acceptors (Lipinski definition) is 6. The van der Waals surface area contributed by atoms with Gasteiger partial charge in [0, 0.05) is 24.4 Å². The van der Waals surface area contributed by atoms with E-state index >= 15 is 0 Å². The molecular weight excluding hydrogens is 332 g/mol. The number of carbonyl (C=O) groups is 1. The van der Waals surface area contributed by atoms with Gasteiger partial charge in [0.2, 0.25) is 17.6 Å². The molecule has 7 heteroatoms. The maximum atomic E-state index is 12.2. The number of fused-ring (bicyclic) bond motifs is 1. The maximum Gasteiger partial charge on any atom is 0.238 e. The van der Waals surface area contributed by atoms with Crippen molar-refractivity contribution < 1.29 is 13.7 Å². The Morgan fingerprint density at radius 2 is 2.08 bits per heavy atom. The molecule has 0 aliphatic rings. The monoisotopic (exact) mass is 348 g/mol. The van der Waals surface area contributed by atoms with Crippen LogP contribution in [0.1, 0.15) is 18.7 Å². The summed E-state index contributed by atoms with van der Waals surface area (Å²) in [5, 5.41) is 7.73. The molecule has 1 amide bonds. The molecule has 0 bridgehead atoms. The third-order valence-electron chi connectivity index (χ3n) is 3.92. The Kier molecular flexibility index (Phi) is 4.42. The quantitative estimate of drug-likeness (QED) is 0.569. The molecule has 3 aromatic heterocycles. The summed E-state index contributed by atoms with van der Waals surface area (Å²) in [4.78, 5) is 20.8. The molecule has 1 aromatic carbocycles. The average molecular weight is 348 g/mol. The fraction of sp³-hybridized carbons (Fsp3) is 0.158. The number of furan rings is 1. The van der Waals surface area contributed by atoms with E-state index in [4.69, 9.17) is 8.94 Å². The Balaban J connectivity index is 1.33. The second-order valence-electron chi connectivity index (χ2n) is 5.77. The number of hydrogen-bond donors (Lipinski definition) is 1. The van der Waals surface area contributed by atoms with Crippen LogP contribution < -0.4 is 5.32 Å². The second-order valence-corrected chi connectivity index (χ2v) is 5.77. The van der Waals surface area contributed by atoms with Crippen LogP contribution in [0.4, 0.5) is 5.69 Å². The Morgan fingerprint density at radius 3 is 2.96 bits per heavy atom. The smallest absolute Gasteiger partial charge is 0.238 e. The molecule has 0 fully saturated rings. The first-order chi connectivity index (χ1) is 12.8. The molecule has 0 spiro atoms. The summed E-state index contributed by atoms with van der Waals surface area (Å²) in [7, 11) is 0. The van der Waals surface area contributed by atoms with Gasteiger partial charge in [0.1, 0.15) is 0 Å². The van der Waals surface area contributed by atoms with Crippen molar-refractivity contribution >= 4 is 22.5 Å². The first-order valence-corrected chi connectivity index (χ1v) is 8.30. The minimum atomic E-state index is -0.0628.